The number of hydrogen-bond acceptors (Lipinski definition) is 6. The highest BCUT2D eigenvalue weighted by Crippen LogP contribution is 2.29. The molecule has 172 valence electrons. The SMILES string of the molecule is CCOC(=O)N1CCN(C(=O)c2cc(S(=O)(=O)N(C)C)ccc2N2CCCCC2)CC1. The van der Waals surface area contributed by atoms with E-state index >= 15 is 0 Å². The van der Waals surface area contributed by atoms with Crippen molar-refractivity contribution >= 4 is 27.7 Å². The van der Waals surface area contributed by atoms with Crippen LogP contribution < -0.4 is 4.90 Å². The van der Waals surface area contributed by atoms with Gasteiger partial charge in [0.2, 0.25) is 10.0 Å². The zero-order chi connectivity index (χ0) is 22.6. The van der Waals surface area contributed by atoms with Crippen LogP contribution in [0.5, 0.6) is 0 Å². The highest BCUT2D eigenvalue weighted by Gasteiger charge is 2.29. The minimum atomic E-state index is -3.66. The minimum absolute atomic E-state index is 0.103. The van der Waals surface area contributed by atoms with Crippen LogP contribution in [0.2, 0.25) is 0 Å². The van der Waals surface area contributed by atoms with Crippen LogP contribution in [0.3, 0.4) is 0 Å². The predicted octanol–water partition coefficient (Wildman–Crippen LogP) is 1.84. The van der Waals surface area contributed by atoms with Crippen LogP contribution in [0.4, 0.5) is 10.5 Å². The molecule has 0 aromatic heterocycles. The molecule has 0 radical (unpaired) electrons. The van der Waals surface area contributed by atoms with Crippen molar-refractivity contribution in [2.24, 2.45) is 0 Å². The Hall–Kier alpha value is -2.33. The first-order valence-corrected chi connectivity index (χ1v) is 12.2. The molecule has 9 nitrogen and oxygen atoms in total. The van der Waals surface area contributed by atoms with Crippen LogP contribution in [-0.2, 0) is 14.8 Å². The summed E-state index contributed by atoms with van der Waals surface area (Å²) in [6, 6.07) is 4.83. The van der Waals surface area contributed by atoms with Crippen molar-refractivity contribution in [1.82, 2.24) is 14.1 Å². The standard InChI is InChI=1S/C21H32N4O5S/c1-4-30-21(27)25-14-12-24(13-15-25)20(26)18-16-17(31(28,29)22(2)3)8-9-19(18)23-10-6-5-7-11-23/h8-9,16H,4-7,10-15H2,1-3H3. The average Bonchev–Trinajstić information content (AvgIpc) is 2.79. The number of nitrogens with zero attached hydrogens (tertiary/aromatic N) is 4. The number of amides is 2. The lowest BCUT2D eigenvalue weighted by Gasteiger charge is -2.36. The Morgan fingerprint density at radius 1 is 0.968 bits per heavy atom. The summed E-state index contributed by atoms with van der Waals surface area (Å²) in [7, 11) is -0.710. The van der Waals surface area contributed by atoms with Gasteiger partial charge in [-0.1, -0.05) is 0 Å². The van der Waals surface area contributed by atoms with Crippen molar-refractivity contribution in [3.63, 3.8) is 0 Å². The Labute approximate surface area is 184 Å². The first-order chi connectivity index (χ1) is 14.8. The van der Waals surface area contributed by atoms with E-state index in [1.165, 1.54) is 20.2 Å². The number of anilines is 1. The molecule has 0 unspecified atom stereocenters. The molecule has 2 amide bonds. The maximum absolute atomic E-state index is 13.5. The maximum Gasteiger partial charge on any atom is 0.409 e. The van der Waals surface area contributed by atoms with E-state index < -0.39 is 10.0 Å². The lowest BCUT2D eigenvalue weighted by molar-refractivity contribution is 0.0570. The van der Waals surface area contributed by atoms with E-state index in [4.69, 9.17) is 4.74 Å². The third-order valence-corrected chi connectivity index (χ3v) is 7.58. The Bertz CT molecular complexity index is 904. The van der Waals surface area contributed by atoms with Crippen LogP contribution >= 0.6 is 0 Å². The molecule has 10 heteroatoms. The molecule has 2 aliphatic heterocycles. The molecule has 2 fully saturated rings. The Morgan fingerprint density at radius 2 is 1.58 bits per heavy atom. The summed E-state index contributed by atoms with van der Waals surface area (Å²) in [5.41, 5.74) is 1.17. The molecule has 2 saturated heterocycles. The molecule has 0 saturated carbocycles. The van der Waals surface area contributed by atoms with E-state index in [0.29, 0.717) is 38.3 Å². The zero-order valence-electron chi connectivity index (χ0n) is 18.5. The fraction of sp³-hybridized carbons (Fsp3) is 0.619. The second-order valence-corrected chi connectivity index (χ2v) is 10.1. The van der Waals surface area contributed by atoms with Gasteiger partial charge in [0.05, 0.1) is 17.1 Å². The number of piperidine rings is 1. The highest BCUT2D eigenvalue weighted by molar-refractivity contribution is 7.89. The van der Waals surface area contributed by atoms with Gasteiger partial charge in [0.25, 0.3) is 5.91 Å². The Morgan fingerprint density at radius 3 is 2.16 bits per heavy atom. The molecule has 2 aliphatic rings. The normalized spacial score (nSPS) is 17.7. The molecule has 1 aromatic carbocycles. The van der Waals surface area contributed by atoms with Gasteiger partial charge in [-0.15, -0.1) is 0 Å². The predicted molar refractivity (Wildman–Crippen MR) is 118 cm³/mol. The second kappa shape index (κ2) is 9.86. The Kier molecular flexibility index (Phi) is 7.42. The third-order valence-electron chi connectivity index (χ3n) is 5.77. The number of rotatable bonds is 5. The number of benzene rings is 1. The lowest BCUT2D eigenvalue weighted by atomic mass is 10.1. The number of carbonyl (C=O) groups excluding carboxylic acids is 2. The van der Waals surface area contributed by atoms with Crippen molar-refractivity contribution in [2.75, 3.05) is 64.9 Å². The van der Waals surface area contributed by atoms with E-state index in [0.717, 1.165) is 42.3 Å². The molecular formula is C21H32N4O5S. The van der Waals surface area contributed by atoms with E-state index in [9.17, 15) is 18.0 Å². The first-order valence-electron chi connectivity index (χ1n) is 10.8. The van der Waals surface area contributed by atoms with E-state index in [2.05, 4.69) is 4.90 Å². The van der Waals surface area contributed by atoms with Crippen molar-refractivity contribution in [1.29, 1.82) is 0 Å². The molecule has 0 bridgehead atoms. The maximum atomic E-state index is 13.5. The Balaban J connectivity index is 1.88. The van der Waals surface area contributed by atoms with Crippen LogP contribution in [0, 0.1) is 0 Å². The second-order valence-electron chi connectivity index (χ2n) is 7.99. The van der Waals surface area contributed by atoms with Gasteiger partial charge >= 0.3 is 6.09 Å². The molecule has 3 rings (SSSR count). The van der Waals surface area contributed by atoms with E-state index in [1.807, 2.05) is 0 Å². The van der Waals surface area contributed by atoms with Crippen LogP contribution in [-0.4, -0.2) is 94.5 Å². The van der Waals surface area contributed by atoms with Gasteiger partial charge < -0.3 is 19.4 Å². The van der Waals surface area contributed by atoms with Gasteiger partial charge in [0, 0.05) is 59.1 Å². The number of hydrogen-bond donors (Lipinski definition) is 0. The summed E-state index contributed by atoms with van der Waals surface area (Å²) in [6.07, 6.45) is 2.87. The smallest absolute Gasteiger partial charge is 0.409 e. The number of piperazine rings is 1. The molecular weight excluding hydrogens is 420 g/mol. The van der Waals surface area contributed by atoms with E-state index in [1.54, 1.807) is 28.9 Å². The van der Waals surface area contributed by atoms with Gasteiger partial charge in [0.1, 0.15) is 0 Å². The molecule has 0 aliphatic carbocycles. The van der Waals surface area contributed by atoms with Crippen LogP contribution in [0.15, 0.2) is 23.1 Å². The van der Waals surface area contributed by atoms with Crippen molar-refractivity contribution in [2.45, 2.75) is 31.1 Å². The monoisotopic (exact) mass is 452 g/mol. The molecule has 2 heterocycles. The number of sulfonamides is 1. The molecule has 0 spiro atoms. The molecule has 0 N–H and O–H groups in total. The van der Waals surface area contributed by atoms with Gasteiger partial charge in [-0.2, -0.15) is 0 Å². The summed E-state index contributed by atoms with van der Waals surface area (Å²) >= 11 is 0. The number of carbonyl (C=O) groups is 2. The largest absolute Gasteiger partial charge is 0.450 e. The van der Waals surface area contributed by atoms with Gasteiger partial charge in [0.15, 0.2) is 0 Å². The van der Waals surface area contributed by atoms with Crippen molar-refractivity contribution < 1.29 is 22.7 Å². The van der Waals surface area contributed by atoms with Crippen molar-refractivity contribution in [3.05, 3.63) is 23.8 Å². The zero-order valence-corrected chi connectivity index (χ0v) is 19.4. The topological polar surface area (TPSA) is 90.5 Å². The van der Waals surface area contributed by atoms with Gasteiger partial charge in [-0.05, 0) is 44.4 Å². The van der Waals surface area contributed by atoms with E-state index in [-0.39, 0.29) is 16.9 Å². The summed E-state index contributed by atoms with van der Waals surface area (Å²) in [5, 5.41) is 0. The fourth-order valence-corrected chi connectivity index (χ4v) is 4.87. The fourth-order valence-electron chi connectivity index (χ4n) is 3.95. The summed E-state index contributed by atoms with van der Waals surface area (Å²) in [6.45, 7) is 5.29. The summed E-state index contributed by atoms with van der Waals surface area (Å²) in [4.78, 5) is 31.0. The van der Waals surface area contributed by atoms with Crippen molar-refractivity contribution in [3.8, 4) is 0 Å². The summed E-state index contributed by atoms with van der Waals surface area (Å²) in [5.74, 6) is -0.208. The molecule has 31 heavy (non-hydrogen) atoms. The third kappa shape index (κ3) is 5.12. The lowest BCUT2D eigenvalue weighted by Crippen LogP contribution is -2.51. The molecule has 1 aromatic rings. The minimum Gasteiger partial charge on any atom is -0.450 e. The van der Waals surface area contributed by atoms with Crippen LogP contribution in [0.25, 0.3) is 0 Å². The number of ether oxygens (including phenoxy) is 1. The molecule has 0 atom stereocenters. The highest BCUT2D eigenvalue weighted by atomic mass is 32.2. The van der Waals surface area contributed by atoms with Crippen LogP contribution in [0.1, 0.15) is 36.5 Å². The quantitative estimate of drug-likeness (QED) is 0.677. The average molecular weight is 453 g/mol. The van der Waals surface area contributed by atoms with Gasteiger partial charge in [-0.3, -0.25) is 4.79 Å². The first kappa shape index (κ1) is 23.3. The summed E-state index contributed by atoms with van der Waals surface area (Å²) < 4.78 is 31.5. The van der Waals surface area contributed by atoms with Gasteiger partial charge in [-0.25, -0.2) is 17.5 Å².